The average molecular weight is 304 g/mol. The number of aromatic nitrogens is 3. The molecule has 0 saturated carbocycles. The van der Waals surface area contributed by atoms with Crippen molar-refractivity contribution in [3.8, 4) is 16.9 Å². The summed E-state index contributed by atoms with van der Waals surface area (Å²) in [5, 5.41) is 3.14. The molecule has 0 aliphatic rings. The fourth-order valence-corrected chi connectivity index (χ4v) is 2.57. The average Bonchev–Trinajstić information content (AvgIpc) is 2.81. The highest BCUT2D eigenvalue weighted by molar-refractivity contribution is 6.31. The summed E-state index contributed by atoms with van der Waals surface area (Å²) >= 11 is 5.98. The van der Waals surface area contributed by atoms with Gasteiger partial charge in [-0.15, -0.1) is 0 Å². The first-order valence-electron chi connectivity index (χ1n) is 6.45. The molecule has 0 radical (unpaired) electrons. The van der Waals surface area contributed by atoms with Gasteiger partial charge in [-0.2, -0.15) is 4.52 Å². The number of nitrogens with zero attached hydrogens (tertiary/aromatic N) is 2. The van der Waals surface area contributed by atoms with Crippen LogP contribution in [0.4, 0.5) is 0 Å². The van der Waals surface area contributed by atoms with Gasteiger partial charge in [0.1, 0.15) is 10.8 Å². The summed E-state index contributed by atoms with van der Waals surface area (Å²) in [5.74, 6) is 0.726. The highest BCUT2D eigenvalue weighted by Gasteiger charge is 2.18. The van der Waals surface area contributed by atoms with Crippen molar-refractivity contribution in [2.24, 2.45) is 0 Å². The molecule has 0 aliphatic heterocycles. The van der Waals surface area contributed by atoms with Crippen LogP contribution in [0.1, 0.15) is 11.4 Å². The Bertz CT molecular complexity index is 896. The van der Waals surface area contributed by atoms with Crippen molar-refractivity contribution in [2.75, 3.05) is 7.11 Å². The zero-order chi connectivity index (χ0) is 15.1. The van der Waals surface area contributed by atoms with Crippen LogP contribution < -0.4 is 10.3 Å². The molecule has 0 spiro atoms. The smallest absolute Gasteiger partial charge is 0.291 e. The van der Waals surface area contributed by atoms with E-state index >= 15 is 0 Å². The van der Waals surface area contributed by atoms with Crippen molar-refractivity contribution in [3.63, 3.8) is 0 Å². The van der Waals surface area contributed by atoms with Gasteiger partial charge in [0.15, 0.2) is 5.65 Å². The van der Waals surface area contributed by atoms with Gasteiger partial charge in [-0.1, -0.05) is 29.8 Å². The summed E-state index contributed by atoms with van der Waals surface area (Å²) < 4.78 is 6.77. The molecule has 0 bridgehead atoms. The molecule has 3 aromatic rings. The lowest BCUT2D eigenvalue weighted by Crippen LogP contribution is -2.17. The summed E-state index contributed by atoms with van der Waals surface area (Å²) in [6.45, 7) is 3.61. The van der Waals surface area contributed by atoms with Gasteiger partial charge in [0.2, 0.25) is 0 Å². The number of ether oxygens (including phenoxy) is 1. The van der Waals surface area contributed by atoms with Crippen LogP contribution in [0.15, 0.2) is 29.1 Å². The van der Waals surface area contributed by atoms with E-state index in [4.69, 9.17) is 16.3 Å². The van der Waals surface area contributed by atoms with Crippen molar-refractivity contribution < 1.29 is 4.74 Å². The topological polar surface area (TPSA) is 59.4 Å². The molecule has 3 rings (SSSR count). The summed E-state index contributed by atoms with van der Waals surface area (Å²) in [5.41, 5.74) is 3.30. The molecule has 0 atom stereocenters. The first-order chi connectivity index (χ1) is 10.0. The van der Waals surface area contributed by atoms with Crippen molar-refractivity contribution >= 4 is 17.2 Å². The number of para-hydroxylation sites is 1. The number of nitrogens with one attached hydrogen (secondary N) is 1. The van der Waals surface area contributed by atoms with Crippen LogP contribution in [0.25, 0.3) is 16.8 Å². The molecule has 0 saturated heterocycles. The summed E-state index contributed by atoms with van der Waals surface area (Å²) in [6, 6.07) is 7.63. The van der Waals surface area contributed by atoms with Gasteiger partial charge in [-0.05, 0) is 19.9 Å². The van der Waals surface area contributed by atoms with Gasteiger partial charge in [-0.3, -0.25) is 9.89 Å². The van der Waals surface area contributed by atoms with E-state index in [2.05, 4.69) is 10.1 Å². The van der Waals surface area contributed by atoms with Gasteiger partial charge >= 0.3 is 0 Å². The summed E-state index contributed by atoms with van der Waals surface area (Å²) in [7, 11) is 1.62. The monoisotopic (exact) mass is 303 g/mol. The Morgan fingerprint density at radius 3 is 2.71 bits per heavy atom. The van der Waals surface area contributed by atoms with Gasteiger partial charge < -0.3 is 4.74 Å². The molecule has 1 N–H and O–H groups in total. The number of hydrogen-bond acceptors (Lipinski definition) is 3. The number of benzene rings is 1. The fourth-order valence-electron chi connectivity index (χ4n) is 2.44. The Labute approximate surface area is 126 Å². The second-order valence-corrected chi connectivity index (χ2v) is 5.17. The van der Waals surface area contributed by atoms with Crippen LogP contribution in [-0.4, -0.2) is 21.7 Å². The lowest BCUT2D eigenvalue weighted by Gasteiger charge is -2.07. The Kier molecular flexibility index (Phi) is 3.22. The van der Waals surface area contributed by atoms with Gasteiger partial charge in [0.25, 0.3) is 5.56 Å². The lowest BCUT2D eigenvalue weighted by molar-refractivity contribution is 0.416. The van der Waals surface area contributed by atoms with E-state index in [9.17, 15) is 4.79 Å². The first-order valence-corrected chi connectivity index (χ1v) is 6.83. The third-order valence-electron chi connectivity index (χ3n) is 3.45. The second-order valence-electron chi connectivity index (χ2n) is 4.79. The molecule has 0 fully saturated rings. The molecule has 0 amide bonds. The minimum atomic E-state index is -0.302. The first kappa shape index (κ1) is 13.7. The molecule has 0 unspecified atom stereocenters. The highest BCUT2D eigenvalue weighted by Crippen LogP contribution is 2.34. The molecule has 6 heteroatoms. The molecular weight excluding hydrogens is 290 g/mol. The molecule has 108 valence electrons. The number of halogens is 1. The Hall–Kier alpha value is -2.27. The molecule has 21 heavy (non-hydrogen) atoms. The van der Waals surface area contributed by atoms with Gasteiger partial charge in [-0.25, -0.2) is 4.98 Å². The van der Waals surface area contributed by atoms with E-state index < -0.39 is 0 Å². The van der Waals surface area contributed by atoms with Crippen LogP contribution in [0, 0.1) is 13.8 Å². The Morgan fingerprint density at radius 1 is 1.29 bits per heavy atom. The number of fused-ring (bicyclic) bond motifs is 1. The summed E-state index contributed by atoms with van der Waals surface area (Å²) in [4.78, 5) is 16.7. The van der Waals surface area contributed by atoms with Crippen LogP contribution in [0.5, 0.6) is 5.75 Å². The lowest BCUT2D eigenvalue weighted by atomic mass is 10.1. The molecule has 2 aromatic heterocycles. The van der Waals surface area contributed by atoms with Crippen LogP contribution in [0.3, 0.4) is 0 Å². The van der Waals surface area contributed by atoms with E-state index in [0.29, 0.717) is 11.3 Å². The van der Waals surface area contributed by atoms with Crippen molar-refractivity contribution in [3.05, 3.63) is 51.0 Å². The minimum Gasteiger partial charge on any atom is -0.496 e. The van der Waals surface area contributed by atoms with Gasteiger partial charge in [0, 0.05) is 11.3 Å². The third kappa shape index (κ3) is 2.01. The molecule has 5 nitrogen and oxygen atoms in total. The van der Waals surface area contributed by atoms with Crippen molar-refractivity contribution in [2.45, 2.75) is 13.8 Å². The maximum Gasteiger partial charge on any atom is 0.291 e. The zero-order valence-corrected chi connectivity index (χ0v) is 12.7. The quantitative estimate of drug-likeness (QED) is 0.792. The van der Waals surface area contributed by atoms with Crippen LogP contribution >= 0.6 is 11.6 Å². The van der Waals surface area contributed by atoms with Crippen LogP contribution in [-0.2, 0) is 0 Å². The normalized spacial score (nSPS) is 11.0. The third-order valence-corrected chi connectivity index (χ3v) is 3.88. The standard InChI is InChI=1S/C15H14ClN3O2/c1-8-12(10-6-4-5-7-11(10)21-3)14-17-9(2)13(16)15(20)19(14)18-8/h4-7,18H,1-3H3. The largest absolute Gasteiger partial charge is 0.496 e. The van der Waals surface area contributed by atoms with Crippen molar-refractivity contribution in [1.82, 2.24) is 14.6 Å². The molecular formula is C15H14ClN3O2. The maximum atomic E-state index is 12.2. The molecule has 0 aliphatic carbocycles. The summed E-state index contributed by atoms with van der Waals surface area (Å²) in [6.07, 6.45) is 0. The number of rotatable bonds is 2. The number of aromatic amines is 1. The predicted molar refractivity (Wildman–Crippen MR) is 82.3 cm³/mol. The molecule has 1 aromatic carbocycles. The number of hydrogen-bond donors (Lipinski definition) is 1. The number of H-pyrrole nitrogens is 1. The SMILES string of the molecule is COc1ccccc1-c1c(C)[nH]n2c(=O)c(Cl)c(C)nc12. The van der Waals surface area contributed by atoms with E-state index in [-0.39, 0.29) is 10.6 Å². The Morgan fingerprint density at radius 2 is 2.00 bits per heavy atom. The predicted octanol–water partition coefficient (Wildman–Crippen LogP) is 2.97. The fraction of sp³-hybridized carbons (Fsp3) is 0.200. The van der Waals surface area contributed by atoms with E-state index in [1.807, 2.05) is 31.2 Å². The highest BCUT2D eigenvalue weighted by atomic mass is 35.5. The van der Waals surface area contributed by atoms with Crippen LogP contribution in [0.2, 0.25) is 5.02 Å². The maximum absolute atomic E-state index is 12.2. The van der Waals surface area contributed by atoms with E-state index in [0.717, 1.165) is 22.6 Å². The second kappa shape index (κ2) is 4.93. The number of methoxy groups -OCH3 is 1. The number of aryl methyl sites for hydroxylation is 2. The van der Waals surface area contributed by atoms with Gasteiger partial charge in [0.05, 0.1) is 18.4 Å². The van der Waals surface area contributed by atoms with Crippen molar-refractivity contribution in [1.29, 1.82) is 0 Å². The van der Waals surface area contributed by atoms with E-state index in [1.54, 1.807) is 14.0 Å². The Balaban J connectivity index is 2.44. The minimum absolute atomic E-state index is 0.125. The molecule has 2 heterocycles. The van der Waals surface area contributed by atoms with E-state index in [1.165, 1.54) is 4.52 Å². The zero-order valence-electron chi connectivity index (χ0n) is 11.9.